The van der Waals surface area contributed by atoms with Crippen LogP contribution in [0.4, 0.5) is 0 Å². The van der Waals surface area contributed by atoms with E-state index in [0.717, 1.165) is 13.1 Å². The zero-order valence-electron chi connectivity index (χ0n) is 12.9. The largest absolute Gasteiger partial charge is 0.353 e. The smallest absolute Gasteiger partial charge is 0.251 e. The summed E-state index contributed by atoms with van der Waals surface area (Å²) in [5, 5.41) is 8.36. The fraction of sp³-hybridized carbons (Fsp3) is 0.533. The third kappa shape index (κ3) is 5.00. The Hall–Kier alpha value is -2.15. The van der Waals surface area contributed by atoms with Crippen molar-refractivity contribution in [1.82, 2.24) is 10.2 Å². The van der Waals surface area contributed by atoms with E-state index in [1.807, 2.05) is 13.8 Å². The minimum atomic E-state index is -1.35. The predicted octanol–water partition coefficient (Wildman–Crippen LogP) is 2.09. The molecule has 2 unspecified atom stereocenters. The first-order valence-corrected chi connectivity index (χ1v) is 7.37. The minimum absolute atomic E-state index is 0.396. The Balaban J connectivity index is 2.67. The molecule has 0 heterocycles. The van der Waals surface area contributed by atoms with Gasteiger partial charge in [-0.3, -0.25) is 4.79 Å². The Bertz CT molecular complexity index is 477. The monoisotopic (exact) mass is 306 g/mol. The Kier molecular flexibility index (Phi) is 7.91. The lowest BCUT2D eigenvalue weighted by molar-refractivity contribution is -0.122. The molecule has 0 aromatic heterocycles. The molecule has 7 heteroatoms. The fourth-order valence-corrected chi connectivity index (χ4v) is 2.18. The highest BCUT2D eigenvalue weighted by atomic mass is 16.3. The molecule has 1 rings (SSSR count). The number of nitroso groups, excluding NO2 is 2. The van der Waals surface area contributed by atoms with E-state index in [1.165, 1.54) is 0 Å². The van der Waals surface area contributed by atoms with Crippen molar-refractivity contribution in [2.24, 2.45) is 10.4 Å². The van der Waals surface area contributed by atoms with Crippen LogP contribution in [-0.2, 0) is 4.79 Å². The second-order valence-corrected chi connectivity index (χ2v) is 4.83. The lowest BCUT2D eigenvalue weighted by atomic mass is 10.0. The van der Waals surface area contributed by atoms with E-state index in [4.69, 9.17) is 0 Å². The van der Waals surface area contributed by atoms with Crippen molar-refractivity contribution in [3.8, 4) is 0 Å². The van der Waals surface area contributed by atoms with E-state index in [9.17, 15) is 14.6 Å². The van der Waals surface area contributed by atoms with Crippen LogP contribution in [0, 0.1) is 9.81 Å². The molecule has 0 aliphatic heterocycles. The molecule has 22 heavy (non-hydrogen) atoms. The maximum atomic E-state index is 12.1. The van der Waals surface area contributed by atoms with Crippen LogP contribution >= 0.6 is 0 Å². The maximum absolute atomic E-state index is 12.1. The van der Waals surface area contributed by atoms with E-state index < -0.39 is 18.0 Å². The molecule has 0 fully saturated rings. The van der Waals surface area contributed by atoms with Gasteiger partial charge in [0.15, 0.2) is 12.1 Å². The van der Waals surface area contributed by atoms with Gasteiger partial charge in [0.25, 0.3) is 5.91 Å². The molecule has 1 aromatic carbocycles. The maximum Gasteiger partial charge on any atom is 0.251 e. The molecule has 0 bridgehead atoms. The third-order valence-corrected chi connectivity index (χ3v) is 3.56. The second-order valence-electron chi connectivity index (χ2n) is 4.83. The third-order valence-electron chi connectivity index (χ3n) is 3.56. The number of carbonyl (C=O) groups excluding carboxylic acids is 1. The van der Waals surface area contributed by atoms with Crippen molar-refractivity contribution in [3.63, 3.8) is 0 Å². The quantitative estimate of drug-likeness (QED) is 0.670. The summed E-state index contributed by atoms with van der Waals surface area (Å²) < 4.78 is 0. The van der Waals surface area contributed by atoms with Gasteiger partial charge in [0, 0.05) is 13.1 Å². The second kappa shape index (κ2) is 9.73. The molecular formula is C15H22N4O3. The van der Waals surface area contributed by atoms with Crippen molar-refractivity contribution in [3.05, 3.63) is 45.7 Å². The van der Waals surface area contributed by atoms with E-state index in [0.29, 0.717) is 18.7 Å². The highest BCUT2D eigenvalue weighted by Crippen LogP contribution is 2.23. The number of amides is 1. The molecule has 0 aliphatic rings. The molecule has 1 aromatic rings. The standard InChI is InChI=1S/C15H22N4O3/c1-3-19(4-2)11-10-16-15(20)14(18-22)13(17-21)12-8-6-5-7-9-12/h5-9,13-14H,3-4,10-11H2,1-2H3,(H,16,20). The van der Waals surface area contributed by atoms with E-state index in [1.54, 1.807) is 30.3 Å². The van der Waals surface area contributed by atoms with Crippen LogP contribution in [0.2, 0.25) is 0 Å². The fourth-order valence-electron chi connectivity index (χ4n) is 2.18. The zero-order valence-corrected chi connectivity index (χ0v) is 12.9. The SMILES string of the molecule is CCN(CC)CCNC(=O)C(N=O)C(N=O)c1ccccc1. The first-order valence-electron chi connectivity index (χ1n) is 7.37. The lowest BCUT2D eigenvalue weighted by Gasteiger charge is -2.19. The molecule has 0 saturated heterocycles. The highest BCUT2D eigenvalue weighted by molar-refractivity contribution is 5.83. The highest BCUT2D eigenvalue weighted by Gasteiger charge is 2.32. The van der Waals surface area contributed by atoms with Gasteiger partial charge in [-0.05, 0) is 18.7 Å². The summed E-state index contributed by atoms with van der Waals surface area (Å²) in [7, 11) is 0. The van der Waals surface area contributed by atoms with E-state index in [-0.39, 0.29) is 0 Å². The van der Waals surface area contributed by atoms with Crippen LogP contribution in [0.5, 0.6) is 0 Å². The first-order chi connectivity index (χ1) is 10.7. The number of carbonyl (C=O) groups is 1. The van der Waals surface area contributed by atoms with Gasteiger partial charge in [0.1, 0.15) is 0 Å². The predicted molar refractivity (Wildman–Crippen MR) is 85.4 cm³/mol. The molecule has 0 radical (unpaired) electrons. The van der Waals surface area contributed by atoms with Crippen molar-refractivity contribution in [1.29, 1.82) is 0 Å². The molecule has 2 atom stereocenters. The molecule has 1 amide bonds. The summed E-state index contributed by atoms with van der Waals surface area (Å²) in [6.45, 7) is 6.89. The molecule has 0 spiro atoms. The number of rotatable bonds is 10. The van der Waals surface area contributed by atoms with Crippen LogP contribution in [-0.4, -0.2) is 43.0 Å². The van der Waals surface area contributed by atoms with Crippen molar-refractivity contribution >= 4 is 5.91 Å². The molecule has 0 saturated carbocycles. The van der Waals surface area contributed by atoms with E-state index >= 15 is 0 Å². The van der Waals surface area contributed by atoms with Crippen LogP contribution in [0.25, 0.3) is 0 Å². The van der Waals surface area contributed by atoms with Gasteiger partial charge in [-0.15, -0.1) is 4.91 Å². The van der Waals surface area contributed by atoms with Gasteiger partial charge >= 0.3 is 0 Å². The van der Waals surface area contributed by atoms with Gasteiger partial charge in [-0.25, -0.2) is 0 Å². The summed E-state index contributed by atoms with van der Waals surface area (Å²) in [5.74, 6) is -0.574. The van der Waals surface area contributed by atoms with Crippen molar-refractivity contribution in [2.45, 2.75) is 25.9 Å². The summed E-state index contributed by atoms with van der Waals surface area (Å²) >= 11 is 0. The number of hydrogen-bond donors (Lipinski definition) is 1. The van der Waals surface area contributed by atoms with Gasteiger partial charge in [-0.1, -0.05) is 54.5 Å². The normalized spacial score (nSPS) is 13.4. The Labute approximate surface area is 130 Å². The van der Waals surface area contributed by atoms with Crippen LogP contribution < -0.4 is 5.32 Å². The number of nitrogens with zero attached hydrogens (tertiary/aromatic N) is 3. The molecule has 0 aliphatic carbocycles. The zero-order chi connectivity index (χ0) is 16.4. The number of hydrogen-bond acceptors (Lipinski definition) is 6. The van der Waals surface area contributed by atoms with Crippen LogP contribution in [0.3, 0.4) is 0 Å². The van der Waals surface area contributed by atoms with Crippen molar-refractivity contribution in [2.75, 3.05) is 26.2 Å². The Morgan fingerprint density at radius 3 is 2.27 bits per heavy atom. The summed E-state index contributed by atoms with van der Waals surface area (Å²) in [6, 6.07) is 6.05. The topological polar surface area (TPSA) is 91.2 Å². The van der Waals surface area contributed by atoms with Gasteiger partial charge in [0.2, 0.25) is 0 Å². The number of nitrogens with one attached hydrogen (secondary N) is 1. The Morgan fingerprint density at radius 1 is 1.14 bits per heavy atom. The summed E-state index contributed by atoms with van der Waals surface area (Å²) in [6.07, 6.45) is 0. The Morgan fingerprint density at radius 2 is 1.77 bits per heavy atom. The number of benzene rings is 1. The first kappa shape index (κ1) is 17.9. The average molecular weight is 306 g/mol. The van der Waals surface area contributed by atoms with Gasteiger partial charge in [0.05, 0.1) is 0 Å². The molecule has 1 N–H and O–H groups in total. The van der Waals surface area contributed by atoms with Gasteiger partial charge in [-0.2, -0.15) is 4.91 Å². The average Bonchev–Trinajstić information content (AvgIpc) is 2.57. The molecular weight excluding hydrogens is 284 g/mol. The molecule has 120 valence electrons. The minimum Gasteiger partial charge on any atom is -0.353 e. The van der Waals surface area contributed by atoms with E-state index in [2.05, 4.69) is 20.6 Å². The molecule has 7 nitrogen and oxygen atoms in total. The van der Waals surface area contributed by atoms with Crippen LogP contribution in [0.1, 0.15) is 25.5 Å². The number of likely N-dealkylation sites (N-methyl/N-ethyl adjacent to an activating group) is 1. The van der Waals surface area contributed by atoms with Crippen molar-refractivity contribution < 1.29 is 4.79 Å². The van der Waals surface area contributed by atoms with Gasteiger partial charge < -0.3 is 10.2 Å². The summed E-state index contributed by atoms with van der Waals surface area (Å²) in [4.78, 5) is 36.3. The summed E-state index contributed by atoms with van der Waals surface area (Å²) in [5.41, 5.74) is 0.501. The van der Waals surface area contributed by atoms with Crippen LogP contribution in [0.15, 0.2) is 40.7 Å². The lowest BCUT2D eigenvalue weighted by Crippen LogP contribution is -2.41.